The largest absolute Gasteiger partial charge is 0.436 e. The number of ketones is 1. The number of amides is 1. The van der Waals surface area contributed by atoms with E-state index in [4.69, 9.17) is 4.74 Å². The van der Waals surface area contributed by atoms with E-state index in [0.717, 1.165) is 5.69 Å². The number of hydrogen-bond acceptors (Lipinski definition) is 3. The molecule has 3 rings (SSSR count). The highest BCUT2D eigenvalue weighted by Crippen LogP contribution is 2.43. The van der Waals surface area contributed by atoms with Gasteiger partial charge in [-0.3, -0.25) is 9.69 Å². The molecule has 5 heteroatoms. The Kier molecular flexibility index (Phi) is 3.17. The highest BCUT2D eigenvalue weighted by atomic mass is 79.9. The molecule has 0 radical (unpaired) electrons. The first-order valence-electron chi connectivity index (χ1n) is 6.56. The lowest BCUT2D eigenvalue weighted by Crippen LogP contribution is -2.48. The van der Waals surface area contributed by atoms with Crippen LogP contribution in [-0.4, -0.2) is 23.5 Å². The first-order chi connectivity index (χ1) is 9.57. The molecule has 0 N–H and O–H groups in total. The Morgan fingerprint density at radius 2 is 2.05 bits per heavy atom. The Labute approximate surface area is 125 Å². The van der Waals surface area contributed by atoms with Gasteiger partial charge in [-0.1, -0.05) is 25.1 Å². The van der Waals surface area contributed by atoms with Crippen molar-refractivity contribution in [3.8, 4) is 0 Å². The van der Waals surface area contributed by atoms with Crippen LogP contribution in [-0.2, 0) is 9.53 Å². The molecule has 4 nitrogen and oxygen atoms in total. The van der Waals surface area contributed by atoms with Crippen LogP contribution in [0.15, 0.2) is 40.9 Å². The molecule has 1 aromatic carbocycles. The van der Waals surface area contributed by atoms with E-state index < -0.39 is 11.7 Å². The number of ether oxygens (including phenoxy) is 1. The van der Waals surface area contributed by atoms with Gasteiger partial charge in [0.1, 0.15) is 0 Å². The zero-order chi connectivity index (χ0) is 14.3. The van der Waals surface area contributed by atoms with Gasteiger partial charge in [-0.05, 0) is 40.6 Å². The Hall–Kier alpha value is -1.62. The van der Waals surface area contributed by atoms with Crippen molar-refractivity contribution in [1.82, 2.24) is 0 Å². The smallest absolute Gasteiger partial charge is 0.415 e. The summed E-state index contributed by atoms with van der Waals surface area (Å²) in [7, 11) is 0. The van der Waals surface area contributed by atoms with Gasteiger partial charge < -0.3 is 4.74 Å². The molecular weight excluding hydrogens is 322 g/mol. The van der Waals surface area contributed by atoms with Crippen LogP contribution < -0.4 is 4.90 Å². The lowest BCUT2D eigenvalue weighted by Gasteiger charge is -2.34. The van der Waals surface area contributed by atoms with Crippen LogP contribution in [0, 0.1) is 0 Å². The number of hydrogen-bond donors (Lipinski definition) is 0. The zero-order valence-corrected chi connectivity index (χ0v) is 12.6. The van der Waals surface area contributed by atoms with Crippen molar-refractivity contribution >= 4 is 33.5 Å². The summed E-state index contributed by atoms with van der Waals surface area (Å²) in [5.74, 6) is -0.00157. The molecule has 0 unspecified atom stereocenters. The maximum atomic E-state index is 12.3. The molecule has 0 spiro atoms. The molecule has 0 aromatic heterocycles. The number of nitrogens with zero attached hydrogens (tertiary/aromatic N) is 1. The van der Waals surface area contributed by atoms with E-state index in [2.05, 4.69) is 15.9 Å². The van der Waals surface area contributed by atoms with Crippen LogP contribution in [0.3, 0.4) is 0 Å². The number of carbonyl (C=O) groups excluding carboxylic acids is 2. The van der Waals surface area contributed by atoms with Crippen molar-refractivity contribution in [2.75, 3.05) is 4.90 Å². The predicted octanol–water partition coefficient (Wildman–Crippen LogP) is 3.41. The van der Waals surface area contributed by atoms with Gasteiger partial charge in [-0.25, -0.2) is 4.79 Å². The number of allylic oxidation sites excluding steroid dienone is 1. The second-order valence-electron chi connectivity index (χ2n) is 5.02. The van der Waals surface area contributed by atoms with E-state index in [-0.39, 0.29) is 18.2 Å². The van der Waals surface area contributed by atoms with Crippen LogP contribution >= 0.6 is 15.9 Å². The average Bonchev–Trinajstić information content (AvgIpc) is 2.72. The molecule has 104 valence electrons. The molecular formula is C15H14BrNO3. The van der Waals surface area contributed by atoms with Gasteiger partial charge in [0, 0.05) is 12.1 Å². The summed E-state index contributed by atoms with van der Waals surface area (Å²) in [5.41, 5.74) is 0.0386. The first-order valence-corrected chi connectivity index (χ1v) is 7.35. The fourth-order valence-corrected chi connectivity index (χ4v) is 3.42. The van der Waals surface area contributed by atoms with Gasteiger partial charge in [0.2, 0.25) is 0 Å². The monoisotopic (exact) mass is 335 g/mol. The second-order valence-corrected chi connectivity index (χ2v) is 5.87. The highest BCUT2D eigenvalue weighted by Gasteiger charge is 2.55. The number of fused-ring (bicyclic) bond motifs is 1. The van der Waals surface area contributed by atoms with Crippen molar-refractivity contribution in [2.45, 2.75) is 31.4 Å². The zero-order valence-electron chi connectivity index (χ0n) is 11.0. The van der Waals surface area contributed by atoms with E-state index in [1.165, 1.54) is 0 Å². The van der Waals surface area contributed by atoms with Gasteiger partial charge in [0.15, 0.2) is 11.4 Å². The molecule has 1 fully saturated rings. The number of para-hydroxylation sites is 1. The number of halogens is 1. The molecule has 2 aliphatic rings. The van der Waals surface area contributed by atoms with E-state index >= 15 is 0 Å². The van der Waals surface area contributed by atoms with Gasteiger partial charge in [0.25, 0.3) is 0 Å². The third-order valence-electron chi connectivity index (χ3n) is 3.95. The third-order valence-corrected chi connectivity index (χ3v) is 4.62. The number of carbonyl (C=O) groups is 2. The van der Waals surface area contributed by atoms with Crippen molar-refractivity contribution in [3.05, 3.63) is 40.9 Å². The van der Waals surface area contributed by atoms with E-state index in [0.29, 0.717) is 10.9 Å². The average molecular weight is 336 g/mol. The molecule has 20 heavy (non-hydrogen) atoms. The minimum absolute atomic E-state index is 0.00157. The minimum atomic E-state index is -0.723. The molecule has 0 bridgehead atoms. The lowest BCUT2D eigenvalue weighted by molar-refractivity contribution is -0.116. The van der Waals surface area contributed by atoms with Crippen LogP contribution in [0.5, 0.6) is 0 Å². The minimum Gasteiger partial charge on any atom is -0.436 e. The third kappa shape index (κ3) is 1.88. The van der Waals surface area contributed by atoms with Crippen LogP contribution in [0.2, 0.25) is 0 Å². The van der Waals surface area contributed by atoms with Crippen molar-refractivity contribution in [2.24, 2.45) is 0 Å². The molecule has 2 atom stereocenters. The quantitative estimate of drug-likeness (QED) is 0.831. The molecule has 1 saturated heterocycles. The standard InChI is InChI=1S/C15H14BrNO3/c1-2-15-9-11(16)12(18)8-13(15)17(14(19)20-15)10-6-4-3-5-7-10/h3-7,9,13H,2,8H2,1H3/t13-,15+/m0/s1. The van der Waals surface area contributed by atoms with E-state index in [1.807, 2.05) is 37.3 Å². The number of Topliss-reactive ketones (excluding diaryl/α,β-unsaturated/α-hetero) is 1. The fourth-order valence-electron chi connectivity index (χ4n) is 2.87. The number of benzene rings is 1. The molecule has 1 aliphatic heterocycles. The van der Waals surface area contributed by atoms with Gasteiger partial charge in [-0.15, -0.1) is 0 Å². The summed E-state index contributed by atoms with van der Waals surface area (Å²) >= 11 is 3.26. The molecule has 1 aliphatic carbocycles. The molecule has 1 amide bonds. The lowest BCUT2D eigenvalue weighted by atomic mass is 9.83. The second kappa shape index (κ2) is 4.74. The van der Waals surface area contributed by atoms with E-state index in [9.17, 15) is 9.59 Å². The maximum absolute atomic E-state index is 12.3. The SMILES string of the molecule is CC[C@@]12C=C(Br)C(=O)C[C@@H]1N(c1ccccc1)C(=O)O2. The van der Waals surface area contributed by atoms with Crippen molar-refractivity contribution in [1.29, 1.82) is 0 Å². The first kappa shape index (κ1) is 13.4. The van der Waals surface area contributed by atoms with Crippen LogP contribution in [0.1, 0.15) is 19.8 Å². The number of anilines is 1. The Bertz CT molecular complexity index is 598. The van der Waals surface area contributed by atoms with E-state index in [1.54, 1.807) is 11.0 Å². The normalized spacial score (nSPS) is 29.0. The Morgan fingerprint density at radius 3 is 2.70 bits per heavy atom. The summed E-state index contributed by atoms with van der Waals surface area (Å²) in [6.45, 7) is 1.96. The maximum Gasteiger partial charge on any atom is 0.415 e. The Morgan fingerprint density at radius 1 is 1.35 bits per heavy atom. The molecule has 1 heterocycles. The van der Waals surface area contributed by atoms with Crippen molar-refractivity contribution in [3.63, 3.8) is 0 Å². The summed E-state index contributed by atoms with van der Waals surface area (Å²) < 4.78 is 6.11. The summed E-state index contributed by atoms with van der Waals surface area (Å²) in [6.07, 6.45) is 2.25. The topological polar surface area (TPSA) is 46.6 Å². The Balaban J connectivity index is 2.08. The van der Waals surface area contributed by atoms with Gasteiger partial charge in [0.05, 0.1) is 10.5 Å². The number of rotatable bonds is 2. The summed E-state index contributed by atoms with van der Waals surface area (Å²) in [6, 6.07) is 9.04. The molecule has 1 aromatic rings. The van der Waals surface area contributed by atoms with Crippen LogP contribution in [0.4, 0.5) is 10.5 Å². The van der Waals surface area contributed by atoms with Crippen LogP contribution in [0.25, 0.3) is 0 Å². The van der Waals surface area contributed by atoms with Gasteiger partial charge >= 0.3 is 6.09 Å². The summed E-state index contributed by atoms with van der Waals surface area (Å²) in [5, 5.41) is 0. The fraction of sp³-hybridized carbons (Fsp3) is 0.333. The molecule has 0 saturated carbocycles. The highest BCUT2D eigenvalue weighted by molar-refractivity contribution is 9.12. The summed E-state index contributed by atoms with van der Waals surface area (Å²) in [4.78, 5) is 25.8. The predicted molar refractivity (Wildman–Crippen MR) is 78.8 cm³/mol. The van der Waals surface area contributed by atoms with Gasteiger partial charge in [-0.2, -0.15) is 0 Å². The van der Waals surface area contributed by atoms with Crippen molar-refractivity contribution < 1.29 is 14.3 Å².